The van der Waals surface area contributed by atoms with Crippen LogP contribution in [-0.2, 0) is 5.75 Å². The van der Waals surface area contributed by atoms with E-state index in [2.05, 4.69) is 20.6 Å². The second-order valence-electron chi connectivity index (χ2n) is 4.97. The first-order chi connectivity index (χ1) is 11.6. The SMILES string of the molecule is COc1ccc(NC(=S)NCCSCc2nc[nH]c2C)c(OC)c1. The maximum atomic E-state index is 5.34. The first-order valence-corrected chi connectivity index (χ1v) is 9.03. The van der Waals surface area contributed by atoms with Gasteiger partial charge in [0.05, 0.1) is 31.9 Å². The smallest absolute Gasteiger partial charge is 0.170 e. The highest BCUT2D eigenvalue weighted by Crippen LogP contribution is 2.28. The Morgan fingerprint density at radius 2 is 2.17 bits per heavy atom. The lowest BCUT2D eigenvalue weighted by molar-refractivity contribution is 0.395. The van der Waals surface area contributed by atoms with Crippen LogP contribution in [0.2, 0.25) is 0 Å². The number of nitrogens with zero attached hydrogens (tertiary/aromatic N) is 1. The molecule has 0 saturated heterocycles. The van der Waals surface area contributed by atoms with E-state index in [1.165, 1.54) is 0 Å². The van der Waals surface area contributed by atoms with Crippen LogP contribution in [0.25, 0.3) is 0 Å². The van der Waals surface area contributed by atoms with Crippen LogP contribution < -0.4 is 20.1 Å². The number of benzene rings is 1. The lowest BCUT2D eigenvalue weighted by Crippen LogP contribution is -2.30. The molecule has 0 fully saturated rings. The Labute approximate surface area is 151 Å². The number of rotatable bonds is 8. The maximum absolute atomic E-state index is 5.34. The summed E-state index contributed by atoms with van der Waals surface area (Å²) in [5.74, 6) is 3.25. The summed E-state index contributed by atoms with van der Waals surface area (Å²) in [7, 11) is 3.24. The normalized spacial score (nSPS) is 10.3. The molecule has 0 aliphatic heterocycles. The van der Waals surface area contributed by atoms with Crippen molar-refractivity contribution in [3.05, 3.63) is 35.9 Å². The Bertz CT molecular complexity index is 676. The number of ether oxygens (including phenoxy) is 2. The maximum Gasteiger partial charge on any atom is 0.170 e. The quantitative estimate of drug-likeness (QED) is 0.490. The van der Waals surface area contributed by atoms with Gasteiger partial charge in [0.1, 0.15) is 11.5 Å². The number of thioether (sulfide) groups is 1. The number of aromatic amines is 1. The minimum Gasteiger partial charge on any atom is -0.497 e. The number of aryl methyl sites for hydroxylation is 1. The molecule has 1 aromatic carbocycles. The minimum atomic E-state index is 0.565. The molecule has 0 aliphatic rings. The van der Waals surface area contributed by atoms with E-state index in [1.807, 2.05) is 36.9 Å². The summed E-state index contributed by atoms with van der Waals surface area (Å²) < 4.78 is 10.5. The number of H-pyrrole nitrogens is 1. The average Bonchev–Trinajstić information content (AvgIpc) is 3.00. The van der Waals surface area contributed by atoms with E-state index in [1.54, 1.807) is 20.5 Å². The Morgan fingerprint density at radius 1 is 1.33 bits per heavy atom. The van der Waals surface area contributed by atoms with Crippen molar-refractivity contribution in [3.63, 3.8) is 0 Å². The summed E-state index contributed by atoms with van der Waals surface area (Å²) >= 11 is 7.13. The van der Waals surface area contributed by atoms with E-state index in [0.29, 0.717) is 10.9 Å². The number of anilines is 1. The number of methoxy groups -OCH3 is 2. The van der Waals surface area contributed by atoms with Crippen molar-refractivity contribution in [2.24, 2.45) is 0 Å². The molecule has 6 nitrogen and oxygen atoms in total. The molecular weight excluding hydrogens is 344 g/mol. The predicted octanol–water partition coefficient (Wildman–Crippen LogP) is 2.96. The number of hydrogen-bond acceptors (Lipinski definition) is 5. The molecule has 0 saturated carbocycles. The molecule has 2 rings (SSSR count). The van der Waals surface area contributed by atoms with Crippen LogP contribution in [0.4, 0.5) is 5.69 Å². The van der Waals surface area contributed by atoms with E-state index in [-0.39, 0.29) is 0 Å². The van der Waals surface area contributed by atoms with Crippen LogP contribution in [-0.4, -0.2) is 41.6 Å². The zero-order valence-electron chi connectivity index (χ0n) is 14.0. The second-order valence-corrected chi connectivity index (χ2v) is 6.49. The number of hydrogen-bond donors (Lipinski definition) is 3. The summed E-state index contributed by atoms with van der Waals surface area (Å²) in [6, 6.07) is 5.54. The Balaban J connectivity index is 1.72. The molecule has 3 N–H and O–H groups in total. The van der Waals surface area contributed by atoms with E-state index in [0.717, 1.165) is 40.9 Å². The third-order valence-corrected chi connectivity index (χ3v) is 4.58. The fourth-order valence-electron chi connectivity index (χ4n) is 2.01. The highest BCUT2D eigenvalue weighted by atomic mass is 32.2. The number of imidazole rings is 1. The van der Waals surface area contributed by atoms with Crippen molar-refractivity contribution in [1.82, 2.24) is 15.3 Å². The van der Waals surface area contributed by atoms with Gasteiger partial charge in [0.15, 0.2) is 5.11 Å². The zero-order chi connectivity index (χ0) is 17.4. The molecule has 2 aromatic rings. The summed E-state index contributed by atoms with van der Waals surface area (Å²) in [5, 5.41) is 6.89. The number of aromatic nitrogens is 2. The summed E-state index contributed by atoms with van der Waals surface area (Å²) in [6.45, 7) is 2.81. The molecule has 0 atom stereocenters. The van der Waals surface area contributed by atoms with Gasteiger partial charge in [-0.3, -0.25) is 0 Å². The van der Waals surface area contributed by atoms with Gasteiger partial charge in [0, 0.05) is 29.8 Å². The molecule has 0 spiro atoms. The Morgan fingerprint density at radius 3 is 2.83 bits per heavy atom. The molecule has 1 aromatic heterocycles. The molecule has 0 radical (unpaired) electrons. The second kappa shape index (κ2) is 9.39. The third kappa shape index (κ3) is 5.31. The zero-order valence-corrected chi connectivity index (χ0v) is 15.6. The molecule has 24 heavy (non-hydrogen) atoms. The predicted molar refractivity (Wildman–Crippen MR) is 103 cm³/mol. The lowest BCUT2D eigenvalue weighted by atomic mass is 10.2. The van der Waals surface area contributed by atoms with Crippen molar-refractivity contribution >= 4 is 34.8 Å². The fourth-order valence-corrected chi connectivity index (χ4v) is 3.09. The largest absolute Gasteiger partial charge is 0.497 e. The summed E-state index contributed by atoms with van der Waals surface area (Å²) in [5.41, 5.74) is 3.03. The van der Waals surface area contributed by atoms with E-state index in [4.69, 9.17) is 21.7 Å². The monoisotopic (exact) mass is 366 g/mol. The van der Waals surface area contributed by atoms with Crippen molar-refractivity contribution in [2.75, 3.05) is 31.8 Å². The molecule has 8 heteroatoms. The standard InChI is InChI=1S/C16H22N4O2S2/c1-11-14(19-10-18-11)9-24-7-6-17-16(23)20-13-5-4-12(21-2)8-15(13)22-3/h4-5,8,10H,6-7,9H2,1-3H3,(H,18,19)(H2,17,20,23). The van der Waals surface area contributed by atoms with Crippen LogP contribution in [0.3, 0.4) is 0 Å². The summed E-state index contributed by atoms with van der Waals surface area (Å²) in [6.07, 6.45) is 1.73. The van der Waals surface area contributed by atoms with E-state index in [9.17, 15) is 0 Å². The van der Waals surface area contributed by atoms with Gasteiger partial charge in [-0.15, -0.1) is 0 Å². The Kier molecular flexibility index (Phi) is 7.20. The van der Waals surface area contributed by atoms with E-state index < -0.39 is 0 Å². The molecule has 1 heterocycles. The van der Waals surface area contributed by atoms with Gasteiger partial charge < -0.3 is 25.1 Å². The van der Waals surface area contributed by atoms with Crippen LogP contribution in [0, 0.1) is 6.92 Å². The van der Waals surface area contributed by atoms with Crippen LogP contribution >= 0.6 is 24.0 Å². The molecule has 0 bridgehead atoms. The van der Waals surface area contributed by atoms with Crippen molar-refractivity contribution in [1.29, 1.82) is 0 Å². The van der Waals surface area contributed by atoms with Crippen molar-refractivity contribution in [2.45, 2.75) is 12.7 Å². The number of nitrogens with one attached hydrogen (secondary N) is 3. The molecule has 0 amide bonds. The summed E-state index contributed by atoms with van der Waals surface area (Å²) in [4.78, 5) is 7.36. The van der Waals surface area contributed by atoms with Gasteiger partial charge in [0.2, 0.25) is 0 Å². The first-order valence-electron chi connectivity index (χ1n) is 7.47. The van der Waals surface area contributed by atoms with Gasteiger partial charge >= 0.3 is 0 Å². The van der Waals surface area contributed by atoms with Crippen molar-refractivity contribution in [3.8, 4) is 11.5 Å². The number of thiocarbonyl (C=S) groups is 1. The van der Waals surface area contributed by atoms with E-state index >= 15 is 0 Å². The van der Waals surface area contributed by atoms with Gasteiger partial charge in [0.25, 0.3) is 0 Å². The van der Waals surface area contributed by atoms with Gasteiger partial charge in [-0.1, -0.05) is 0 Å². The third-order valence-electron chi connectivity index (χ3n) is 3.36. The van der Waals surface area contributed by atoms with Gasteiger partial charge in [-0.2, -0.15) is 11.8 Å². The lowest BCUT2D eigenvalue weighted by Gasteiger charge is -2.14. The minimum absolute atomic E-state index is 0.565. The van der Waals surface area contributed by atoms with Crippen molar-refractivity contribution < 1.29 is 9.47 Å². The van der Waals surface area contributed by atoms with Gasteiger partial charge in [-0.05, 0) is 31.3 Å². The van der Waals surface area contributed by atoms with Crippen LogP contribution in [0.1, 0.15) is 11.4 Å². The topological polar surface area (TPSA) is 71.2 Å². The average molecular weight is 367 g/mol. The molecular formula is C16H22N4O2S2. The van der Waals surface area contributed by atoms with Crippen LogP contribution in [0.5, 0.6) is 11.5 Å². The Hall–Kier alpha value is -1.93. The van der Waals surface area contributed by atoms with Crippen LogP contribution in [0.15, 0.2) is 24.5 Å². The van der Waals surface area contributed by atoms with Gasteiger partial charge in [-0.25, -0.2) is 4.98 Å². The molecule has 0 unspecified atom stereocenters. The molecule has 0 aliphatic carbocycles. The highest BCUT2D eigenvalue weighted by Gasteiger charge is 2.06. The highest BCUT2D eigenvalue weighted by molar-refractivity contribution is 7.98. The fraction of sp³-hybridized carbons (Fsp3) is 0.375. The first kappa shape index (κ1) is 18.4. The molecule has 130 valence electrons.